The van der Waals surface area contributed by atoms with Gasteiger partial charge in [0, 0.05) is 6.20 Å². The Morgan fingerprint density at radius 3 is 2.60 bits per heavy atom. The first-order valence-electron chi connectivity index (χ1n) is 4.00. The van der Waals surface area contributed by atoms with Crippen molar-refractivity contribution in [3.8, 4) is 0 Å². The van der Waals surface area contributed by atoms with Gasteiger partial charge in [0.25, 0.3) is 6.43 Å². The van der Waals surface area contributed by atoms with E-state index in [0.717, 1.165) is 13.3 Å². The van der Waals surface area contributed by atoms with E-state index >= 15 is 0 Å². The molecule has 0 aliphatic rings. The van der Waals surface area contributed by atoms with Crippen LogP contribution in [0.25, 0.3) is 0 Å². The summed E-state index contributed by atoms with van der Waals surface area (Å²) in [5.74, 6) is -2.31. The number of hydrogen-bond donors (Lipinski definition) is 0. The molecular weight excluding hydrogens is 211 g/mol. The van der Waals surface area contributed by atoms with E-state index in [1.54, 1.807) is 0 Å². The van der Waals surface area contributed by atoms with Gasteiger partial charge in [-0.15, -0.1) is 0 Å². The second-order valence-electron chi connectivity index (χ2n) is 2.81. The largest absolute Gasteiger partial charge is 0.465 e. The maximum Gasteiger partial charge on any atom is 0.341 e. The number of carbonyl (C=O) groups is 1. The Hall–Kier alpha value is -1.59. The van der Waals surface area contributed by atoms with Crippen molar-refractivity contribution in [2.24, 2.45) is 0 Å². The number of esters is 1. The molecule has 0 fully saturated rings. The number of nitrogens with zero attached hydrogens (tertiary/aromatic N) is 1. The molecule has 1 heterocycles. The summed E-state index contributed by atoms with van der Waals surface area (Å²) >= 11 is 0. The highest BCUT2D eigenvalue weighted by molar-refractivity contribution is 5.91. The summed E-state index contributed by atoms with van der Waals surface area (Å²) < 4.78 is 42.2. The van der Waals surface area contributed by atoms with Gasteiger partial charge in [0.15, 0.2) is 5.82 Å². The molecule has 15 heavy (non-hydrogen) atoms. The lowest BCUT2D eigenvalue weighted by Gasteiger charge is -2.07. The minimum atomic E-state index is -3.06. The van der Waals surface area contributed by atoms with Crippen molar-refractivity contribution >= 4 is 5.97 Å². The highest BCUT2D eigenvalue weighted by Crippen LogP contribution is 2.24. The maximum atomic E-state index is 13.4. The quantitative estimate of drug-likeness (QED) is 0.716. The molecule has 1 aromatic rings. The molecule has 0 amide bonds. The smallest absolute Gasteiger partial charge is 0.341 e. The van der Waals surface area contributed by atoms with Crippen LogP contribution in [0, 0.1) is 12.7 Å². The lowest BCUT2D eigenvalue weighted by atomic mass is 10.1. The number of ether oxygens (including phenoxy) is 1. The van der Waals surface area contributed by atoms with Crippen LogP contribution in [0.15, 0.2) is 6.20 Å². The monoisotopic (exact) mass is 219 g/mol. The summed E-state index contributed by atoms with van der Waals surface area (Å²) in [6.45, 7) is 1.39. The topological polar surface area (TPSA) is 39.2 Å². The van der Waals surface area contributed by atoms with E-state index in [2.05, 4.69) is 9.72 Å². The van der Waals surface area contributed by atoms with Crippen LogP contribution in [0.5, 0.6) is 0 Å². The maximum absolute atomic E-state index is 13.4. The fourth-order valence-electron chi connectivity index (χ4n) is 1.09. The predicted octanol–water partition coefficient (Wildman–Crippen LogP) is 2.25. The van der Waals surface area contributed by atoms with Crippen LogP contribution in [-0.2, 0) is 4.74 Å². The summed E-state index contributed by atoms with van der Waals surface area (Å²) in [6, 6.07) is 0. The van der Waals surface area contributed by atoms with Gasteiger partial charge in [-0.2, -0.15) is 0 Å². The molecule has 0 atom stereocenters. The molecule has 1 rings (SSSR count). The van der Waals surface area contributed by atoms with Crippen LogP contribution < -0.4 is 0 Å². The van der Waals surface area contributed by atoms with E-state index in [9.17, 15) is 18.0 Å². The second kappa shape index (κ2) is 4.29. The molecule has 6 heteroatoms. The minimum Gasteiger partial charge on any atom is -0.465 e. The fraction of sp³-hybridized carbons (Fsp3) is 0.333. The van der Waals surface area contributed by atoms with Crippen molar-refractivity contribution in [2.75, 3.05) is 7.11 Å². The van der Waals surface area contributed by atoms with Crippen molar-refractivity contribution in [1.82, 2.24) is 4.98 Å². The lowest BCUT2D eigenvalue weighted by Crippen LogP contribution is -2.11. The van der Waals surface area contributed by atoms with Crippen molar-refractivity contribution in [1.29, 1.82) is 0 Å². The van der Waals surface area contributed by atoms with Gasteiger partial charge in [-0.05, 0) is 12.5 Å². The minimum absolute atomic E-state index is 0.156. The Morgan fingerprint density at radius 1 is 1.53 bits per heavy atom. The lowest BCUT2D eigenvalue weighted by molar-refractivity contribution is 0.0592. The summed E-state index contributed by atoms with van der Waals surface area (Å²) in [5.41, 5.74) is -1.38. The summed E-state index contributed by atoms with van der Waals surface area (Å²) in [5, 5.41) is 0. The van der Waals surface area contributed by atoms with Crippen LogP contribution in [-0.4, -0.2) is 18.1 Å². The highest BCUT2D eigenvalue weighted by atomic mass is 19.3. The third-order valence-electron chi connectivity index (χ3n) is 1.83. The number of halogens is 3. The number of aryl methyl sites for hydroxylation is 1. The summed E-state index contributed by atoms with van der Waals surface area (Å²) in [7, 11) is 1.05. The van der Waals surface area contributed by atoms with Gasteiger partial charge in [0.1, 0.15) is 11.3 Å². The van der Waals surface area contributed by atoms with Crippen molar-refractivity contribution in [3.05, 3.63) is 28.8 Å². The first-order chi connectivity index (χ1) is 6.99. The van der Waals surface area contributed by atoms with E-state index < -0.39 is 29.5 Å². The zero-order valence-electron chi connectivity index (χ0n) is 8.05. The third-order valence-corrected chi connectivity index (χ3v) is 1.83. The number of pyridine rings is 1. The Morgan fingerprint density at radius 2 is 2.13 bits per heavy atom. The molecule has 0 N–H and O–H groups in total. The van der Waals surface area contributed by atoms with Crippen molar-refractivity contribution < 1.29 is 22.7 Å². The zero-order chi connectivity index (χ0) is 11.6. The average Bonchev–Trinajstić information content (AvgIpc) is 2.16. The number of rotatable bonds is 2. The molecule has 82 valence electrons. The van der Waals surface area contributed by atoms with Crippen LogP contribution in [0.3, 0.4) is 0 Å². The Labute approximate surface area is 83.9 Å². The number of methoxy groups -OCH3 is 1. The first-order valence-corrected chi connectivity index (χ1v) is 4.00. The van der Waals surface area contributed by atoms with Crippen LogP contribution in [0.4, 0.5) is 13.2 Å². The molecule has 0 bridgehead atoms. The van der Waals surface area contributed by atoms with Gasteiger partial charge in [-0.3, -0.25) is 4.98 Å². The van der Waals surface area contributed by atoms with E-state index in [0.29, 0.717) is 0 Å². The molecule has 0 radical (unpaired) electrons. The molecule has 0 aromatic carbocycles. The molecule has 0 saturated carbocycles. The number of carbonyl (C=O) groups excluding carboxylic acids is 1. The van der Waals surface area contributed by atoms with E-state index in [-0.39, 0.29) is 5.56 Å². The standard InChI is InChI=1S/C9H8F3NO2/c1-4-3-13-7(8(11)12)6(10)5(4)9(14)15-2/h3,8H,1-2H3. The highest BCUT2D eigenvalue weighted by Gasteiger charge is 2.24. The van der Waals surface area contributed by atoms with Gasteiger partial charge >= 0.3 is 5.97 Å². The molecule has 0 aliphatic heterocycles. The Kier molecular flexibility index (Phi) is 3.28. The van der Waals surface area contributed by atoms with Gasteiger partial charge < -0.3 is 4.74 Å². The zero-order valence-corrected chi connectivity index (χ0v) is 8.05. The Bertz CT molecular complexity index is 393. The first kappa shape index (κ1) is 11.5. The molecule has 0 saturated heterocycles. The summed E-state index contributed by atoms with van der Waals surface area (Å²) in [6.07, 6.45) is -2.05. The van der Waals surface area contributed by atoms with Crippen molar-refractivity contribution in [3.63, 3.8) is 0 Å². The molecule has 0 spiro atoms. The van der Waals surface area contributed by atoms with Gasteiger partial charge in [-0.25, -0.2) is 18.0 Å². The van der Waals surface area contributed by atoms with Gasteiger partial charge in [0.2, 0.25) is 0 Å². The SMILES string of the molecule is COC(=O)c1c(C)cnc(C(F)F)c1F. The van der Waals surface area contributed by atoms with Crippen LogP contribution >= 0.6 is 0 Å². The number of hydrogen-bond acceptors (Lipinski definition) is 3. The van der Waals surface area contributed by atoms with Gasteiger partial charge in [0.05, 0.1) is 7.11 Å². The molecule has 3 nitrogen and oxygen atoms in total. The van der Waals surface area contributed by atoms with Gasteiger partial charge in [-0.1, -0.05) is 0 Å². The molecule has 1 aromatic heterocycles. The van der Waals surface area contributed by atoms with Crippen LogP contribution in [0.2, 0.25) is 0 Å². The number of aromatic nitrogens is 1. The Balaban J connectivity index is 3.36. The summed E-state index contributed by atoms with van der Waals surface area (Å²) in [4.78, 5) is 14.3. The second-order valence-corrected chi connectivity index (χ2v) is 2.81. The van der Waals surface area contributed by atoms with E-state index in [4.69, 9.17) is 0 Å². The normalized spacial score (nSPS) is 10.5. The molecule has 0 unspecified atom stereocenters. The van der Waals surface area contributed by atoms with E-state index in [1.807, 2.05) is 0 Å². The molecule has 0 aliphatic carbocycles. The van der Waals surface area contributed by atoms with Crippen LogP contribution in [0.1, 0.15) is 28.0 Å². The molecular formula is C9H8F3NO2. The third kappa shape index (κ3) is 2.08. The number of alkyl halides is 2. The average molecular weight is 219 g/mol. The predicted molar refractivity (Wildman–Crippen MR) is 45.2 cm³/mol. The fourth-order valence-corrected chi connectivity index (χ4v) is 1.09. The van der Waals surface area contributed by atoms with Crippen molar-refractivity contribution in [2.45, 2.75) is 13.3 Å². The van der Waals surface area contributed by atoms with E-state index in [1.165, 1.54) is 6.92 Å².